The minimum absolute atomic E-state index is 0.0366. The van der Waals surface area contributed by atoms with Crippen molar-refractivity contribution in [2.75, 3.05) is 6.61 Å². The number of fused-ring (bicyclic) bond motifs is 1. The number of aromatic nitrogens is 3. The number of pyridine rings is 2. The summed E-state index contributed by atoms with van der Waals surface area (Å²) in [4.78, 5) is 8.25. The van der Waals surface area contributed by atoms with Gasteiger partial charge in [-0.25, -0.2) is 13.8 Å². The lowest BCUT2D eigenvalue weighted by molar-refractivity contribution is 0.0261. The predicted molar refractivity (Wildman–Crippen MR) is 85.6 cm³/mol. The van der Waals surface area contributed by atoms with Gasteiger partial charge in [-0.1, -0.05) is 0 Å². The maximum Gasteiger partial charge on any atom is 0.284 e. The quantitative estimate of drug-likeness (QED) is 0.776. The van der Waals surface area contributed by atoms with Crippen LogP contribution in [0.25, 0.3) is 16.9 Å². The summed E-state index contributed by atoms with van der Waals surface area (Å²) < 4.78 is 33.7. The van der Waals surface area contributed by atoms with Crippen LogP contribution in [0.4, 0.5) is 8.78 Å². The lowest BCUT2D eigenvalue weighted by Gasteiger charge is -2.19. The van der Waals surface area contributed by atoms with Crippen molar-refractivity contribution in [1.29, 1.82) is 0 Å². The number of hydrogen-bond acceptors (Lipinski definition) is 4. The average Bonchev–Trinajstić information content (AvgIpc) is 2.96. The number of rotatable bonds is 5. The zero-order valence-corrected chi connectivity index (χ0v) is 13.3. The summed E-state index contributed by atoms with van der Waals surface area (Å²) in [5, 5.41) is 9.69. The zero-order chi connectivity index (χ0) is 17.3. The summed E-state index contributed by atoms with van der Waals surface area (Å²) in [6.45, 7) is 2.97. The van der Waals surface area contributed by atoms with Crippen molar-refractivity contribution in [3.8, 4) is 11.6 Å². The van der Waals surface area contributed by atoms with E-state index in [-0.39, 0.29) is 12.4 Å². The largest absolute Gasteiger partial charge is 0.488 e. The second-order valence-electron chi connectivity index (χ2n) is 6.05. The molecule has 0 saturated carbocycles. The Bertz CT molecular complexity index is 856. The Labute approximate surface area is 137 Å². The Hall–Kier alpha value is -2.54. The first-order valence-corrected chi connectivity index (χ1v) is 7.42. The molecule has 3 aromatic rings. The van der Waals surface area contributed by atoms with E-state index in [1.807, 2.05) is 6.07 Å². The molecule has 24 heavy (non-hydrogen) atoms. The van der Waals surface area contributed by atoms with E-state index >= 15 is 0 Å². The summed E-state index contributed by atoms with van der Waals surface area (Å²) in [5.41, 5.74) is -0.0569. The van der Waals surface area contributed by atoms with Crippen molar-refractivity contribution < 1.29 is 18.6 Å². The highest BCUT2D eigenvalue weighted by Crippen LogP contribution is 2.29. The highest BCUT2D eigenvalue weighted by molar-refractivity contribution is 5.77. The SMILES string of the molecule is CC(C)(O)COc1ccc(-n2ccc3ncccc32)nc1C(F)F. The van der Waals surface area contributed by atoms with Gasteiger partial charge in [0.25, 0.3) is 6.43 Å². The van der Waals surface area contributed by atoms with Gasteiger partial charge in [0.1, 0.15) is 18.2 Å². The Kier molecular flexibility index (Phi) is 4.19. The number of alkyl halides is 2. The van der Waals surface area contributed by atoms with Crippen LogP contribution >= 0.6 is 0 Å². The zero-order valence-electron chi connectivity index (χ0n) is 13.3. The molecule has 0 aliphatic heterocycles. The van der Waals surface area contributed by atoms with Crippen LogP contribution in [-0.4, -0.2) is 31.8 Å². The number of nitrogens with zero attached hydrogens (tertiary/aromatic N) is 3. The smallest absolute Gasteiger partial charge is 0.284 e. The van der Waals surface area contributed by atoms with Gasteiger partial charge in [0, 0.05) is 12.4 Å². The number of halogens is 2. The second-order valence-corrected chi connectivity index (χ2v) is 6.05. The Morgan fingerprint density at radius 1 is 1.25 bits per heavy atom. The highest BCUT2D eigenvalue weighted by atomic mass is 19.3. The predicted octanol–water partition coefficient (Wildman–Crippen LogP) is 3.51. The van der Waals surface area contributed by atoms with Crippen molar-refractivity contribution in [2.45, 2.75) is 25.9 Å². The molecule has 0 saturated heterocycles. The van der Waals surface area contributed by atoms with Gasteiger partial charge < -0.3 is 9.84 Å². The van der Waals surface area contributed by atoms with E-state index in [2.05, 4.69) is 9.97 Å². The van der Waals surface area contributed by atoms with Gasteiger partial charge in [0.15, 0.2) is 5.69 Å². The van der Waals surface area contributed by atoms with Crippen LogP contribution in [0.1, 0.15) is 26.0 Å². The minimum Gasteiger partial charge on any atom is -0.488 e. The summed E-state index contributed by atoms with van der Waals surface area (Å²) in [7, 11) is 0. The molecule has 0 unspecified atom stereocenters. The molecule has 0 aromatic carbocycles. The summed E-state index contributed by atoms with van der Waals surface area (Å²) >= 11 is 0. The van der Waals surface area contributed by atoms with Crippen LogP contribution in [0, 0.1) is 0 Å². The van der Waals surface area contributed by atoms with Gasteiger partial charge in [0.05, 0.1) is 16.6 Å². The lowest BCUT2D eigenvalue weighted by atomic mass is 10.2. The molecule has 0 fully saturated rings. The fourth-order valence-corrected chi connectivity index (χ4v) is 2.28. The van der Waals surface area contributed by atoms with Crippen molar-refractivity contribution in [3.05, 3.63) is 48.4 Å². The molecule has 0 radical (unpaired) electrons. The van der Waals surface area contributed by atoms with Crippen molar-refractivity contribution in [3.63, 3.8) is 0 Å². The van der Waals surface area contributed by atoms with Crippen LogP contribution in [0.2, 0.25) is 0 Å². The van der Waals surface area contributed by atoms with E-state index < -0.39 is 17.7 Å². The lowest BCUT2D eigenvalue weighted by Crippen LogP contribution is -2.28. The highest BCUT2D eigenvalue weighted by Gasteiger charge is 2.21. The number of aliphatic hydroxyl groups is 1. The van der Waals surface area contributed by atoms with Gasteiger partial charge in [-0.05, 0) is 44.2 Å². The molecular formula is C17H17F2N3O2. The second kappa shape index (κ2) is 6.16. The van der Waals surface area contributed by atoms with E-state index in [9.17, 15) is 13.9 Å². The first-order chi connectivity index (χ1) is 11.3. The third-order valence-corrected chi connectivity index (χ3v) is 3.36. The van der Waals surface area contributed by atoms with Gasteiger partial charge >= 0.3 is 0 Å². The fraction of sp³-hybridized carbons (Fsp3) is 0.294. The Morgan fingerprint density at radius 2 is 2.04 bits per heavy atom. The standard InChI is InChI=1S/C17H17F2N3O2/c1-17(2,23)10-24-13-5-6-14(21-15(13)16(18)19)22-9-7-11-12(22)4-3-8-20-11/h3-9,16,23H,10H2,1-2H3. The van der Waals surface area contributed by atoms with Gasteiger partial charge in [-0.2, -0.15) is 0 Å². The van der Waals surface area contributed by atoms with Gasteiger partial charge in [-0.15, -0.1) is 0 Å². The molecular weight excluding hydrogens is 316 g/mol. The minimum atomic E-state index is -2.79. The van der Waals surface area contributed by atoms with Crippen molar-refractivity contribution >= 4 is 11.0 Å². The van der Waals surface area contributed by atoms with Crippen LogP contribution < -0.4 is 4.74 Å². The first-order valence-electron chi connectivity index (χ1n) is 7.42. The maximum absolute atomic E-state index is 13.4. The molecule has 126 valence electrons. The van der Waals surface area contributed by atoms with Gasteiger partial charge in [0.2, 0.25) is 0 Å². The average molecular weight is 333 g/mol. The van der Waals surface area contributed by atoms with E-state index in [1.165, 1.54) is 19.9 Å². The number of ether oxygens (including phenoxy) is 1. The third kappa shape index (κ3) is 3.35. The molecule has 0 atom stereocenters. The Balaban J connectivity index is 2.00. The summed E-state index contributed by atoms with van der Waals surface area (Å²) in [5.74, 6) is 0.314. The van der Waals surface area contributed by atoms with Crippen LogP contribution in [-0.2, 0) is 0 Å². The Morgan fingerprint density at radius 3 is 2.75 bits per heavy atom. The van der Waals surface area contributed by atoms with E-state index in [0.29, 0.717) is 5.82 Å². The van der Waals surface area contributed by atoms with E-state index in [0.717, 1.165) is 11.0 Å². The van der Waals surface area contributed by atoms with Crippen molar-refractivity contribution in [1.82, 2.24) is 14.5 Å². The van der Waals surface area contributed by atoms with Gasteiger partial charge in [-0.3, -0.25) is 9.55 Å². The van der Waals surface area contributed by atoms with Crippen LogP contribution in [0.3, 0.4) is 0 Å². The molecule has 3 rings (SSSR count). The molecule has 5 nitrogen and oxygen atoms in total. The number of hydrogen-bond donors (Lipinski definition) is 1. The first kappa shape index (κ1) is 16.3. The molecule has 0 aliphatic carbocycles. The van der Waals surface area contributed by atoms with E-state index in [4.69, 9.17) is 4.74 Å². The van der Waals surface area contributed by atoms with Crippen LogP contribution in [0.15, 0.2) is 42.7 Å². The molecule has 3 aromatic heterocycles. The molecule has 0 amide bonds. The fourth-order valence-electron chi connectivity index (χ4n) is 2.28. The maximum atomic E-state index is 13.4. The summed E-state index contributed by atoms with van der Waals surface area (Å²) in [6.07, 6.45) is 0.604. The topological polar surface area (TPSA) is 60.2 Å². The molecule has 7 heteroatoms. The molecule has 3 heterocycles. The van der Waals surface area contributed by atoms with E-state index in [1.54, 1.807) is 35.2 Å². The monoisotopic (exact) mass is 333 g/mol. The molecule has 1 N–H and O–H groups in total. The molecule has 0 spiro atoms. The van der Waals surface area contributed by atoms with Crippen molar-refractivity contribution in [2.24, 2.45) is 0 Å². The third-order valence-electron chi connectivity index (χ3n) is 3.36. The summed E-state index contributed by atoms with van der Waals surface area (Å²) in [6, 6.07) is 8.44. The normalized spacial score (nSPS) is 12.1. The molecule has 0 bridgehead atoms. The van der Waals surface area contributed by atoms with Crippen LogP contribution in [0.5, 0.6) is 5.75 Å². The molecule has 0 aliphatic rings.